The van der Waals surface area contributed by atoms with Gasteiger partial charge in [0, 0.05) is 32.8 Å². The molecule has 4 rings (SSSR count). The summed E-state index contributed by atoms with van der Waals surface area (Å²) in [6.07, 6.45) is 2.38. The van der Waals surface area contributed by atoms with Crippen molar-refractivity contribution in [3.8, 4) is 22.5 Å². The van der Waals surface area contributed by atoms with E-state index in [2.05, 4.69) is 32.7 Å². The molecule has 2 aromatic heterocycles. The fourth-order valence-corrected chi connectivity index (χ4v) is 4.23. The van der Waals surface area contributed by atoms with E-state index in [0.717, 1.165) is 6.42 Å². The van der Waals surface area contributed by atoms with Crippen LogP contribution in [0, 0.1) is 5.82 Å². The molecule has 2 heterocycles. The van der Waals surface area contributed by atoms with Gasteiger partial charge >= 0.3 is 0 Å². The average Bonchev–Trinajstić information content (AvgIpc) is 2.90. The molecule has 1 atom stereocenters. The third-order valence-electron chi connectivity index (χ3n) is 6.31. The lowest BCUT2D eigenvalue weighted by Crippen LogP contribution is -2.37. The molecule has 1 amide bonds. The topological polar surface area (TPSA) is 92.1 Å². The number of halogens is 1. The van der Waals surface area contributed by atoms with Crippen LogP contribution in [-0.2, 0) is 18.3 Å². The van der Waals surface area contributed by atoms with Crippen LogP contribution >= 0.6 is 0 Å². The van der Waals surface area contributed by atoms with Gasteiger partial charge in [-0.05, 0) is 55.9 Å². The van der Waals surface area contributed by atoms with Crippen LogP contribution in [0.1, 0.15) is 12.5 Å². The Morgan fingerprint density at radius 2 is 1.74 bits per heavy atom. The van der Waals surface area contributed by atoms with E-state index in [1.165, 1.54) is 41.3 Å². The van der Waals surface area contributed by atoms with Gasteiger partial charge < -0.3 is 15.5 Å². The van der Waals surface area contributed by atoms with Crippen LogP contribution in [0.5, 0.6) is 0 Å². The van der Waals surface area contributed by atoms with Crippen LogP contribution in [0.15, 0.2) is 77.7 Å². The first-order valence-electron chi connectivity index (χ1n) is 12.3. The van der Waals surface area contributed by atoms with Gasteiger partial charge in [0.25, 0.3) is 5.56 Å². The second kappa shape index (κ2) is 11.8. The number of carbonyl (C=O) groups is 1. The minimum Gasteiger partial charge on any atom is -0.354 e. The Labute approximate surface area is 221 Å². The molecule has 8 nitrogen and oxygen atoms in total. The normalized spacial score (nSPS) is 11.8. The molecule has 4 aromatic rings. The molecule has 0 saturated heterocycles. The molecular formula is C29H31FN6O2. The quantitative estimate of drug-likeness (QED) is 0.348. The molecule has 38 heavy (non-hydrogen) atoms. The number of hydrogen-bond acceptors (Lipinski definition) is 6. The molecule has 2 N–H and O–H groups in total. The number of pyridine rings is 1. The number of aromatic nitrogens is 3. The maximum absolute atomic E-state index is 13.7. The Hall–Kier alpha value is -4.37. The van der Waals surface area contributed by atoms with Gasteiger partial charge in [-0.2, -0.15) is 0 Å². The van der Waals surface area contributed by atoms with Crippen molar-refractivity contribution >= 4 is 17.5 Å². The minimum absolute atomic E-state index is 0.124. The summed E-state index contributed by atoms with van der Waals surface area (Å²) in [4.78, 5) is 37.0. The number of anilines is 2. The molecule has 0 bridgehead atoms. The van der Waals surface area contributed by atoms with Crippen molar-refractivity contribution in [1.82, 2.24) is 19.4 Å². The standard InChI is InChI=1S/C29H31FN6O2/c1-19(37)33-24-11-8-16-31-26(24)27-25(21-12-14-22(30)15-13-21)28(38)36(4)29(34-27)32-18-23(35(2)3)17-20-9-6-5-7-10-20/h5-16,23H,17-18H2,1-4H3,(H,32,34)(H,33,37)/t23-/m0/s1. The van der Waals surface area contributed by atoms with Crippen LogP contribution in [0.2, 0.25) is 0 Å². The van der Waals surface area contributed by atoms with Gasteiger partial charge in [-0.25, -0.2) is 9.37 Å². The van der Waals surface area contributed by atoms with E-state index in [1.54, 1.807) is 25.4 Å². The smallest absolute Gasteiger partial charge is 0.263 e. The number of nitrogens with zero attached hydrogens (tertiary/aromatic N) is 4. The highest BCUT2D eigenvalue weighted by Gasteiger charge is 2.22. The average molecular weight is 515 g/mol. The highest BCUT2D eigenvalue weighted by atomic mass is 19.1. The summed E-state index contributed by atoms with van der Waals surface area (Å²) in [7, 11) is 5.67. The van der Waals surface area contributed by atoms with Crippen LogP contribution < -0.4 is 16.2 Å². The molecule has 0 spiro atoms. The van der Waals surface area contributed by atoms with Crippen molar-refractivity contribution in [2.24, 2.45) is 7.05 Å². The fourth-order valence-electron chi connectivity index (χ4n) is 4.23. The SMILES string of the molecule is CC(=O)Nc1cccnc1-c1nc(NC[C@H](Cc2ccccc2)N(C)C)n(C)c(=O)c1-c1ccc(F)cc1. The van der Waals surface area contributed by atoms with Crippen LogP contribution in [0.3, 0.4) is 0 Å². The predicted octanol–water partition coefficient (Wildman–Crippen LogP) is 4.19. The van der Waals surface area contributed by atoms with Crippen molar-refractivity contribution in [2.45, 2.75) is 19.4 Å². The van der Waals surface area contributed by atoms with E-state index in [9.17, 15) is 14.0 Å². The molecule has 0 aliphatic carbocycles. The van der Waals surface area contributed by atoms with Gasteiger partial charge in [0.2, 0.25) is 11.9 Å². The monoisotopic (exact) mass is 514 g/mol. The second-order valence-corrected chi connectivity index (χ2v) is 9.30. The maximum atomic E-state index is 13.7. The molecule has 0 saturated carbocycles. The minimum atomic E-state index is -0.414. The summed E-state index contributed by atoms with van der Waals surface area (Å²) in [5.74, 6) is -0.335. The van der Waals surface area contributed by atoms with Gasteiger partial charge in [0.15, 0.2) is 0 Å². The van der Waals surface area contributed by atoms with E-state index >= 15 is 0 Å². The third-order valence-corrected chi connectivity index (χ3v) is 6.31. The first-order chi connectivity index (χ1) is 18.2. The fraction of sp³-hybridized carbons (Fsp3) is 0.241. The first kappa shape index (κ1) is 26.7. The zero-order valence-corrected chi connectivity index (χ0v) is 21.9. The molecule has 0 radical (unpaired) electrons. The van der Waals surface area contributed by atoms with E-state index in [4.69, 9.17) is 4.98 Å². The van der Waals surface area contributed by atoms with Crippen molar-refractivity contribution in [3.05, 3.63) is 94.7 Å². The molecule has 196 valence electrons. The van der Waals surface area contributed by atoms with Crippen molar-refractivity contribution in [1.29, 1.82) is 0 Å². The van der Waals surface area contributed by atoms with Crippen molar-refractivity contribution in [3.63, 3.8) is 0 Å². The molecule has 9 heteroatoms. The van der Waals surface area contributed by atoms with Crippen LogP contribution in [-0.4, -0.2) is 52.0 Å². The molecule has 0 unspecified atom stereocenters. The zero-order chi connectivity index (χ0) is 27.2. The number of amides is 1. The molecular weight excluding hydrogens is 483 g/mol. The Morgan fingerprint density at radius 1 is 1.03 bits per heavy atom. The second-order valence-electron chi connectivity index (χ2n) is 9.30. The Morgan fingerprint density at radius 3 is 2.39 bits per heavy atom. The van der Waals surface area contributed by atoms with Gasteiger partial charge in [0.1, 0.15) is 17.2 Å². The van der Waals surface area contributed by atoms with Gasteiger partial charge in [-0.3, -0.25) is 19.1 Å². The summed E-state index contributed by atoms with van der Waals surface area (Å²) in [6, 6.07) is 19.4. The number of hydrogen-bond donors (Lipinski definition) is 2. The Kier molecular flexibility index (Phi) is 8.28. The largest absolute Gasteiger partial charge is 0.354 e. The van der Waals surface area contributed by atoms with Crippen molar-refractivity contribution < 1.29 is 9.18 Å². The number of benzene rings is 2. The number of rotatable bonds is 9. The Balaban J connectivity index is 1.79. The zero-order valence-electron chi connectivity index (χ0n) is 21.9. The van der Waals surface area contributed by atoms with E-state index in [1.807, 2.05) is 32.3 Å². The molecule has 2 aromatic carbocycles. The summed E-state index contributed by atoms with van der Waals surface area (Å²) < 4.78 is 15.1. The van der Waals surface area contributed by atoms with Crippen LogP contribution in [0.4, 0.5) is 16.0 Å². The highest BCUT2D eigenvalue weighted by Crippen LogP contribution is 2.32. The van der Waals surface area contributed by atoms with Gasteiger partial charge in [0.05, 0.1) is 11.3 Å². The van der Waals surface area contributed by atoms with E-state index < -0.39 is 5.82 Å². The first-order valence-corrected chi connectivity index (χ1v) is 12.3. The summed E-state index contributed by atoms with van der Waals surface area (Å²) in [5.41, 5.74) is 2.69. The summed E-state index contributed by atoms with van der Waals surface area (Å²) in [6.45, 7) is 1.93. The molecule has 0 aliphatic heterocycles. The lowest BCUT2D eigenvalue weighted by molar-refractivity contribution is -0.114. The highest BCUT2D eigenvalue weighted by molar-refractivity contribution is 5.94. The number of likely N-dealkylation sites (N-methyl/N-ethyl adjacent to an activating group) is 1. The van der Waals surface area contributed by atoms with Gasteiger partial charge in [-0.1, -0.05) is 42.5 Å². The lowest BCUT2D eigenvalue weighted by atomic mass is 10.0. The van der Waals surface area contributed by atoms with Gasteiger partial charge in [-0.15, -0.1) is 0 Å². The third kappa shape index (κ3) is 6.12. The summed E-state index contributed by atoms with van der Waals surface area (Å²) >= 11 is 0. The Bertz CT molecular complexity index is 1470. The maximum Gasteiger partial charge on any atom is 0.263 e. The number of nitrogens with one attached hydrogen (secondary N) is 2. The molecule has 0 fully saturated rings. The van der Waals surface area contributed by atoms with E-state index in [0.29, 0.717) is 29.4 Å². The summed E-state index contributed by atoms with van der Waals surface area (Å²) in [5, 5.41) is 6.12. The number of carbonyl (C=O) groups excluding carboxylic acids is 1. The lowest BCUT2D eigenvalue weighted by Gasteiger charge is -2.26. The van der Waals surface area contributed by atoms with Crippen LogP contribution in [0.25, 0.3) is 22.5 Å². The van der Waals surface area contributed by atoms with Crippen molar-refractivity contribution in [2.75, 3.05) is 31.3 Å². The molecule has 0 aliphatic rings. The predicted molar refractivity (Wildman–Crippen MR) is 149 cm³/mol. The van der Waals surface area contributed by atoms with E-state index in [-0.39, 0.29) is 28.8 Å².